The first-order valence-electron chi connectivity index (χ1n) is 5.24. The lowest BCUT2D eigenvalue weighted by Crippen LogP contribution is -2.04. The van der Waals surface area contributed by atoms with Crippen molar-refractivity contribution in [3.05, 3.63) is 56.8 Å². The van der Waals surface area contributed by atoms with Crippen LogP contribution in [-0.4, -0.2) is 5.78 Å². The summed E-state index contributed by atoms with van der Waals surface area (Å²) in [6, 6.07) is 6.01. The van der Waals surface area contributed by atoms with Crippen LogP contribution in [0.25, 0.3) is 0 Å². The van der Waals surface area contributed by atoms with E-state index in [1.165, 1.54) is 0 Å². The lowest BCUT2D eigenvalue weighted by atomic mass is 9.97. The van der Waals surface area contributed by atoms with Gasteiger partial charge in [-0.1, -0.05) is 17.7 Å². The number of carbonyl (C=O) groups is 1. The highest BCUT2D eigenvalue weighted by molar-refractivity contribution is 7.08. The molecule has 1 heterocycles. The van der Waals surface area contributed by atoms with E-state index in [4.69, 9.17) is 0 Å². The predicted octanol–water partition coefficient (Wildman–Crippen LogP) is 3.90. The summed E-state index contributed by atoms with van der Waals surface area (Å²) in [6.45, 7) is 5.97. The molecule has 2 heteroatoms. The second-order valence-corrected chi connectivity index (χ2v) is 4.86. The van der Waals surface area contributed by atoms with E-state index in [9.17, 15) is 4.79 Å². The Morgan fingerprint density at radius 2 is 1.75 bits per heavy atom. The van der Waals surface area contributed by atoms with E-state index < -0.39 is 0 Å². The third-order valence-electron chi connectivity index (χ3n) is 2.74. The normalized spacial score (nSPS) is 10.4. The molecular formula is C14H14OS. The minimum Gasteiger partial charge on any atom is -0.289 e. The molecule has 1 aromatic heterocycles. The summed E-state index contributed by atoms with van der Waals surface area (Å²) < 4.78 is 0. The van der Waals surface area contributed by atoms with Crippen molar-refractivity contribution in [3.8, 4) is 0 Å². The molecule has 0 unspecified atom stereocenters. The summed E-state index contributed by atoms with van der Waals surface area (Å²) >= 11 is 1.58. The van der Waals surface area contributed by atoms with Gasteiger partial charge in [0.05, 0.1) is 0 Å². The Labute approximate surface area is 99.8 Å². The van der Waals surface area contributed by atoms with Gasteiger partial charge in [0.25, 0.3) is 0 Å². The van der Waals surface area contributed by atoms with Gasteiger partial charge >= 0.3 is 0 Å². The molecule has 16 heavy (non-hydrogen) atoms. The van der Waals surface area contributed by atoms with Crippen molar-refractivity contribution in [2.24, 2.45) is 0 Å². The quantitative estimate of drug-likeness (QED) is 0.715. The Morgan fingerprint density at radius 1 is 1.00 bits per heavy atom. The van der Waals surface area contributed by atoms with Gasteiger partial charge in [0, 0.05) is 16.5 Å². The largest absolute Gasteiger partial charge is 0.289 e. The Bertz CT molecular complexity index is 537. The third-order valence-corrected chi connectivity index (χ3v) is 3.60. The second-order valence-electron chi connectivity index (χ2n) is 4.12. The molecule has 1 aromatic carbocycles. The molecule has 0 amide bonds. The van der Waals surface area contributed by atoms with Crippen molar-refractivity contribution in [1.82, 2.24) is 0 Å². The molecule has 0 atom stereocenters. The molecule has 0 saturated carbocycles. The fraction of sp³-hybridized carbons (Fsp3) is 0.214. The summed E-state index contributed by atoms with van der Waals surface area (Å²) in [5, 5.41) is 3.94. The minimum atomic E-state index is 0.139. The highest BCUT2D eigenvalue weighted by Crippen LogP contribution is 2.20. The maximum Gasteiger partial charge on any atom is 0.194 e. The zero-order chi connectivity index (χ0) is 11.7. The van der Waals surface area contributed by atoms with Gasteiger partial charge in [-0.3, -0.25) is 4.79 Å². The molecule has 0 aliphatic rings. The molecule has 2 rings (SSSR count). The molecule has 0 aliphatic heterocycles. The highest BCUT2D eigenvalue weighted by Gasteiger charge is 2.14. The average molecular weight is 230 g/mol. The van der Waals surface area contributed by atoms with Crippen molar-refractivity contribution in [2.45, 2.75) is 20.8 Å². The van der Waals surface area contributed by atoms with E-state index in [-0.39, 0.29) is 5.78 Å². The van der Waals surface area contributed by atoms with E-state index >= 15 is 0 Å². The fourth-order valence-electron chi connectivity index (χ4n) is 1.72. The number of aryl methyl sites for hydroxylation is 3. The van der Waals surface area contributed by atoms with Crippen LogP contribution in [0.5, 0.6) is 0 Å². The van der Waals surface area contributed by atoms with Gasteiger partial charge in [-0.15, -0.1) is 0 Å². The fourth-order valence-corrected chi connectivity index (χ4v) is 2.55. The number of ketones is 1. The van der Waals surface area contributed by atoms with E-state index in [2.05, 4.69) is 0 Å². The van der Waals surface area contributed by atoms with Crippen molar-refractivity contribution < 1.29 is 4.79 Å². The van der Waals surface area contributed by atoms with Crippen LogP contribution in [0.3, 0.4) is 0 Å². The summed E-state index contributed by atoms with van der Waals surface area (Å²) in [5.41, 5.74) is 4.89. The summed E-state index contributed by atoms with van der Waals surface area (Å²) in [4.78, 5) is 12.3. The highest BCUT2D eigenvalue weighted by atomic mass is 32.1. The van der Waals surface area contributed by atoms with Crippen molar-refractivity contribution in [2.75, 3.05) is 0 Å². The van der Waals surface area contributed by atoms with Crippen LogP contribution in [0.15, 0.2) is 29.0 Å². The Kier molecular flexibility index (Phi) is 2.92. The lowest BCUT2D eigenvalue weighted by molar-refractivity contribution is 0.103. The molecule has 82 valence electrons. The maximum atomic E-state index is 12.3. The lowest BCUT2D eigenvalue weighted by Gasteiger charge is -2.05. The van der Waals surface area contributed by atoms with E-state index in [0.29, 0.717) is 0 Å². The summed E-state index contributed by atoms with van der Waals surface area (Å²) in [7, 11) is 0. The summed E-state index contributed by atoms with van der Waals surface area (Å²) in [5.74, 6) is 0.139. The van der Waals surface area contributed by atoms with Gasteiger partial charge in [-0.05, 0) is 43.3 Å². The van der Waals surface area contributed by atoms with Crippen LogP contribution in [0.4, 0.5) is 0 Å². The average Bonchev–Trinajstić information content (AvgIpc) is 2.67. The van der Waals surface area contributed by atoms with Crippen LogP contribution >= 0.6 is 11.3 Å². The van der Waals surface area contributed by atoms with Crippen LogP contribution in [0.1, 0.15) is 32.6 Å². The molecule has 0 spiro atoms. The smallest absolute Gasteiger partial charge is 0.194 e. The second kappa shape index (κ2) is 4.22. The zero-order valence-electron chi connectivity index (χ0n) is 9.70. The van der Waals surface area contributed by atoms with Crippen LogP contribution < -0.4 is 0 Å². The third kappa shape index (κ3) is 1.93. The first-order chi connectivity index (χ1) is 7.59. The summed E-state index contributed by atoms with van der Waals surface area (Å²) in [6.07, 6.45) is 0. The Hall–Kier alpha value is -1.41. The van der Waals surface area contributed by atoms with Gasteiger partial charge in [0.15, 0.2) is 5.78 Å². The zero-order valence-corrected chi connectivity index (χ0v) is 10.5. The molecule has 0 fully saturated rings. The van der Waals surface area contributed by atoms with Crippen molar-refractivity contribution in [1.29, 1.82) is 0 Å². The molecule has 0 radical (unpaired) electrons. The number of benzene rings is 1. The first-order valence-corrected chi connectivity index (χ1v) is 6.18. The number of carbonyl (C=O) groups excluding carboxylic acids is 1. The van der Waals surface area contributed by atoms with E-state index in [0.717, 1.165) is 27.8 Å². The van der Waals surface area contributed by atoms with Crippen LogP contribution in [0.2, 0.25) is 0 Å². The Morgan fingerprint density at radius 3 is 2.38 bits per heavy atom. The number of rotatable bonds is 2. The maximum absolute atomic E-state index is 12.3. The molecular weight excluding hydrogens is 216 g/mol. The molecule has 0 saturated heterocycles. The minimum absolute atomic E-state index is 0.139. The SMILES string of the molecule is Cc1ccc(C)c(C(=O)c2cscc2C)c1. The molecule has 0 bridgehead atoms. The molecule has 1 nitrogen and oxygen atoms in total. The standard InChI is InChI=1S/C14H14OS/c1-9-4-5-10(2)12(6-9)14(15)13-8-16-7-11(13)3/h4-8H,1-3H3. The van der Waals surface area contributed by atoms with Gasteiger partial charge in [-0.2, -0.15) is 11.3 Å². The Balaban J connectivity index is 2.49. The number of thiophene rings is 1. The number of hydrogen-bond acceptors (Lipinski definition) is 2. The molecule has 2 aromatic rings. The van der Waals surface area contributed by atoms with E-state index in [1.54, 1.807) is 11.3 Å². The monoisotopic (exact) mass is 230 g/mol. The van der Waals surface area contributed by atoms with Gasteiger partial charge in [0.1, 0.15) is 0 Å². The van der Waals surface area contributed by atoms with E-state index in [1.807, 2.05) is 49.7 Å². The predicted molar refractivity (Wildman–Crippen MR) is 68.4 cm³/mol. The van der Waals surface area contributed by atoms with Gasteiger partial charge < -0.3 is 0 Å². The first kappa shape index (κ1) is 11.1. The molecule has 0 aliphatic carbocycles. The van der Waals surface area contributed by atoms with Crippen LogP contribution in [-0.2, 0) is 0 Å². The topological polar surface area (TPSA) is 17.1 Å². The number of hydrogen-bond donors (Lipinski definition) is 0. The van der Waals surface area contributed by atoms with Crippen LogP contribution in [0, 0.1) is 20.8 Å². The van der Waals surface area contributed by atoms with Crippen molar-refractivity contribution >= 4 is 17.1 Å². The van der Waals surface area contributed by atoms with Gasteiger partial charge in [0.2, 0.25) is 0 Å². The molecule has 0 N–H and O–H groups in total. The van der Waals surface area contributed by atoms with Gasteiger partial charge in [-0.25, -0.2) is 0 Å². The van der Waals surface area contributed by atoms with Crippen molar-refractivity contribution in [3.63, 3.8) is 0 Å².